The maximum absolute atomic E-state index is 12.6. The molecule has 9 heteroatoms. The highest BCUT2D eigenvalue weighted by atomic mass is 79.9. The number of aromatic nitrogens is 6. The number of nitrogens with one attached hydrogen (secondary N) is 1. The highest BCUT2D eigenvalue weighted by Gasteiger charge is 2.18. The van der Waals surface area contributed by atoms with Crippen LogP contribution in [0.15, 0.2) is 22.9 Å². The Balaban J connectivity index is 1.69. The Kier molecular flexibility index (Phi) is 5.50. The fourth-order valence-corrected chi connectivity index (χ4v) is 3.26. The Bertz CT molecular complexity index is 969. The number of hydrogen-bond donors (Lipinski definition) is 1. The van der Waals surface area contributed by atoms with Crippen molar-refractivity contribution < 1.29 is 4.79 Å². The summed E-state index contributed by atoms with van der Waals surface area (Å²) in [6.07, 6.45) is 3.75. The summed E-state index contributed by atoms with van der Waals surface area (Å²) in [5.74, 6) is -0.209. The van der Waals surface area contributed by atoms with Gasteiger partial charge in [0.2, 0.25) is 0 Å². The van der Waals surface area contributed by atoms with Gasteiger partial charge >= 0.3 is 0 Å². The van der Waals surface area contributed by atoms with Crippen LogP contribution in [0.3, 0.4) is 0 Å². The first-order chi connectivity index (χ1) is 12.8. The van der Waals surface area contributed by atoms with Crippen molar-refractivity contribution in [3.05, 3.63) is 51.3 Å². The lowest BCUT2D eigenvalue weighted by molar-refractivity contribution is 0.0933. The quantitative estimate of drug-likeness (QED) is 0.647. The van der Waals surface area contributed by atoms with Crippen LogP contribution in [0, 0.1) is 20.8 Å². The lowest BCUT2D eigenvalue weighted by atomic mass is 10.1. The van der Waals surface area contributed by atoms with E-state index in [1.165, 1.54) is 0 Å². The number of nitrogens with zero attached hydrogens (tertiary/aromatic N) is 6. The molecule has 3 aromatic heterocycles. The van der Waals surface area contributed by atoms with Crippen LogP contribution < -0.4 is 5.32 Å². The van der Waals surface area contributed by atoms with Crippen LogP contribution in [0.5, 0.6) is 0 Å². The second kappa shape index (κ2) is 7.67. The van der Waals surface area contributed by atoms with Crippen LogP contribution in [0.4, 0.5) is 0 Å². The van der Waals surface area contributed by atoms with E-state index in [9.17, 15) is 4.79 Å². The van der Waals surface area contributed by atoms with E-state index in [4.69, 9.17) is 0 Å². The van der Waals surface area contributed by atoms with Gasteiger partial charge in [-0.15, -0.1) is 0 Å². The van der Waals surface area contributed by atoms with E-state index in [2.05, 4.69) is 36.5 Å². The van der Waals surface area contributed by atoms with Gasteiger partial charge < -0.3 is 5.32 Å². The summed E-state index contributed by atoms with van der Waals surface area (Å²) in [6, 6.07) is 1.57. The molecule has 1 amide bonds. The molecule has 0 bridgehead atoms. The summed E-state index contributed by atoms with van der Waals surface area (Å²) in [4.78, 5) is 12.6. The average Bonchev–Trinajstić information content (AvgIpc) is 3.31. The molecule has 3 heterocycles. The number of carbonyl (C=O) groups excluding carboxylic acids is 1. The summed E-state index contributed by atoms with van der Waals surface area (Å²) < 4.78 is 6.41. The van der Waals surface area contributed by atoms with Crippen molar-refractivity contribution in [2.75, 3.05) is 0 Å². The maximum Gasteiger partial charge on any atom is 0.272 e. The molecule has 0 aliphatic carbocycles. The average molecular weight is 434 g/mol. The number of halogens is 1. The first-order valence-corrected chi connectivity index (χ1v) is 9.67. The number of amides is 1. The molecule has 0 saturated carbocycles. The summed E-state index contributed by atoms with van der Waals surface area (Å²) in [6.45, 7) is 11.1. The Labute approximate surface area is 166 Å². The number of rotatable bonds is 6. The molecule has 3 aromatic rings. The lowest BCUT2D eigenvalue weighted by Crippen LogP contribution is -2.27. The molecule has 1 unspecified atom stereocenters. The zero-order valence-electron chi connectivity index (χ0n) is 16.2. The van der Waals surface area contributed by atoms with Gasteiger partial charge in [-0.2, -0.15) is 15.3 Å². The maximum atomic E-state index is 12.6. The predicted octanol–water partition coefficient (Wildman–Crippen LogP) is 2.98. The van der Waals surface area contributed by atoms with Gasteiger partial charge in [-0.1, -0.05) is 0 Å². The molecule has 0 fully saturated rings. The molecule has 8 nitrogen and oxygen atoms in total. The van der Waals surface area contributed by atoms with Crippen LogP contribution in [0.25, 0.3) is 0 Å². The van der Waals surface area contributed by atoms with Gasteiger partial charge in [0.15, 0.2) is 0 Å². The predicted molar refractivity (Wildman–Crippen MR) is 106 cm³/mol. The summed E-state index contributed by atoms with van der Waals surface area (Å²) in [5, 5.41) is 16.3. The van der Waals surface area contributed by atoms with Crippen molar-refractivity contribution in [1.29, 1.82) is 0 Å². The molecule has 1 N–H and O–H groups in total. The largest absolute Gasteiger partial charge is 0.344 e. The SMILES string of the molecule is CCn1cc(C(C)NC(=O)c2ccn(Cn3nc(C)c(Br)c3C)n2)c(C)n1. The van der Waals surface area contributed by atoms with Gasteiger partial charge in [0.25, 0.3) is 5.91 Å². The molecule has 0 saturated heterocycles. The zero-order chi connectivity index (χ0) is 19.7. The normalized spacial score (nSPS) is 12.4. The van der Waals surface area contributed by atoms with Crippen molar-refractivity contribution in [2.45, 2.75) is 53.9 Å². The summed E-state index contributed by atoms with van der Waals surface area (Å²) in [5.41, 5.74) is 4.26. The number of hydrogen-bond acceptors (Lipinski definition) is 4. The lowest BCUT2D eigenvalue weighted by Gasteiger charge is -2.12. The molecule has 0 spiro atoms. The van der Waals surface area contributed by atoms with Gasteiger partial charge in [-0.25, -0.2) is 4.68 Å². The molecular weight excluding hydrogens is 410 g/mol. The number of carbonyl (C=O) groups is 1. The van der Waals surface area contributed by atoms with Gasteiger partial charge in [-0.05, 0) is 56.6 Å². The van der Waals surface area contributed by atoms with Crippen molar-refractivity contribution in [1.82, 2.24) is 34.7 Å². The van der Waals surface area contributed by atoms with E-state index in [1.54, 1.807) is 16.9 Å². The van der Waals surface area contributed by atoms with Crippen molar-refractivity contribution in [3.8, 4) is 0 Å². The Hall–Kier alpha value is -2.42. The van der Waals surface area contributed by atoms with Gasteiger partial charge in [0, 0.05) is 24.5 Å². The molecule has 1 atom stereocenters. The van der Waals surface area contributed by atoms with E-state index < -0.39 is 0 Å². The van der Waals surface area contributed by atoms with E-state index in [1.807, 2.05) is 50.2 Å². The molecule has 0 aromatic carbocycles. The Morgan fingerprint density at radius 2 is 1.93 bits per heavy atom. The minimum atomic E-state index is -0.209. The standard InChI is InChI=1S/C18H24BrN7O/c1-6-24-9-15(12(3)21-24)11(2)20-18(27)16-7-8-25(23-16)10-26-14(5)17(19)13(4)22-26/h7-9,11H,6,10H2,1-5H3,(H,20,27). The zero-order valence-corrected chi connectivity index (χ0v) is 17.8. The van der Waals surface area contributed by atoms with Gasteiger partial charge in [0.1, 0.15) is 12.4 Å². The van der Waals surface area contributed by atoms with Crippen LogP contribution in [-0.4, -0.2) is 35.2 Å². The minimum Gasteiger partial charge on any atom is -0.344 e. The van der Waals surface area contributed by atoms with E-state index >= 15 is 0 Å². The molecule has 3 rings (SSSR count). The second-order valence-corrected chi connectivity index (χ2v) is 7.38. The molecule has 27 heavy (non-hydrogen) atoms. The van der Waals surface area contributed by atoms with E-state index in [0.29, 0.717) is 12.4 Å². The van der Waals surface area contributed by atoms with Crippen molar-refractivity contribution >= 4 is 21.8 Å². The fraction of sp³-hybridized carbons (Fsp3) is 0.444. The molecule has 0 aliphatic heterocycles. The molecular formula is C18H24BrN7O. The molecule has 0 aliphatic rings. The van der Waals surface area contributed by atoms with Crippen LogP contribution in [0.1, 0.15) is 53.0 Å². The minimum absolute atomic E-state index is 0.144. The first-order valence-electron chi connectivity index (χ1n) is 8.88. The van der Waals surface area contributed by atoms with Crippen molar-refractivity contribution in [3.63, 3.8) is 0 Å². The number of aryl methyl sites for hydroxylation is 3. The molecule has 0 radical (unpaired) electrons. The highest BCUT2D eigenvalue weighted by Crippen LogP contribution is 2.20. The van der Waals surface area contributed by atoms with Crippen LogP contribution >= 0.6 is 15.9 Å². The van der Waals surface area contributed by atoms with Crippen molar-refractivity contribution in [2.24, 2.45) is 0 Å². The third-order valence-corrected chi connectivity index (χ3v) is 5.72. The second-order valence-electron chi connectivity index (χ2n) is 6.59. The Morgan fingerprint density at radius 1 is 1.19 bits per heavy atom. The van der Waals surface area contributed by atoms with Gasteiger partial charge in [-0.3, -0.25) is 14.2 Å². The Morgan fingerprint density at radius 3 is 2.52 bits per heavy atom. The monoisotopic (exact) mass is 433 g/mol. The van der Waals surface area contributed by atoms with Crippen LogP contribution in [0.2, 0.25) is 0 Å². The third-order valence-electron chi connectivity index (χ3n) is 4.57. The summed E-state index contributed by atoms with van der Waals surface area (Å²) >= 11 is 3.52. The van der Waals surface area contributed by atoms with Gasteiger partial charge in [0.05, 0.1) is 27.6 Å². The van der Waals surface area contributed by atoms with E-state index in [-0.39, 0.29) is 11.9 Å². The topological polar surface area (TPSA) is 82.6 Å². The van der Waals surface area contributed by atoms with Crippen LogP contribution in [-0.2, 0) is 13.2 Å². The third kappa shape index (κ3) is 3.97. The first kappa shape index (κ1) is 19.3. The van der Waals surface area contributed by atoms with E-state index in [0.717, 1.165) is 33.7 Å². The highest BCUT2D eigenvalue weighted by molar-refractivity contribution is 9.10. The fourth-order valence-electron chi connectivity index (χ4n) is 2.98. The summed E-state index contributed by atoms with van der Waals surface area (Å²) in [7, 11) is 0. The smallest absolute Gasteiger partial charge is 0.272 e. The molecule has 144 valence electrons.